The summed E-state index contributed by atoms with van der Waals surface area (Å²) >= 11 is 1.94. The Hall–Kier alpha value is -1.49. The molecule has 2 aliphatic heterocycles. The van der Waals surface area contributed by atoms with Gasteiger partial charge in [-0.05, 0) is 41.4 Å². The third-order valence-corrected chi connectivity index (χ3v) is 5.71. The van der Waals surface area contributed by atoms with Crippen molar-refractivity contribution in [3.05, 3.63) is 35.4 Å². The minimum atomic E-state index is -0.901. The summed E-state index contributed by atoms with van der Waals surface area (Å²) in [6.45, 7) is 0.424. The van der Waals surface area contributed by atoms with E-state index in [0.29, 0.717) is 25.3 Å². The van der Waals surface area contributed by atoms with Crippen molar-refractivity contribution in [1.29, 1.82) is 0 Å². The molecule has 5 heteroatoms. The Bertz CT molecular complexity index is 569. The highest BCUT2D eigenvalue weighted by molar-refractivity contribution is 7.99. The SMILES string of the molecule is O=C(O)[C@@H]1Cc2ccccc2CN1C(=O)CC1CCSCC1. The highest BCUT2D eigenvalue weighted by Crippen LogP contribution is 2.29. The maximum absolute atomic E-state index is 12.6. The molecule has 1 atom stereocenters. The molecule has 0 unspecified atom stereocenters. The zero-order valence-electron chi connectivity index (χ0n) is 12.5. The van der Waals surface area contributed by atoms with Crippen LogP contribution in [0.2, 0.25) is 0 Å². The average molecular weight is 319 g/mol. The largest absolute Gasteiger partial charge is 0.480 e. The first-order valence-corrected chi connectivity index (χ1v) is 8.97. The van der Waals surface area contributed by atoms with Gasteiger partial charge in [0.05, 0.1) is 0 Å². The second-order valence-electron chi connectivity index (χ2n) is 6.11. The monoisotopic (exact) mass is 319 g/mol. The van der Waals surface area contributed by atoms with Crippen LogP contribution in [0.25, 0.3) is 0 Å². The molecule has 1 N–H and O–H groups in total. The summed E-state index contributed by atoms with van der Waals surface area (Å²) in [6.07, 6.45) is 3.04. The molecule has 2 aliphatic rings. The number of carboxylic acid groups (broad SMARTS) is 1. The molecule has 0 spiro atoms. The Kier molecular flexibility index (Phi) is 4.71. The molecule has 1 fully saturated rings. The summed E-state index contributed by atoms with van der Waals surface area (Å²) in [4.78, 5) is 25.8. The zero-order valence-corrected chi connectivity index (χ0v) is 13.3. The van der Waals surface area contributed by atoms with Crippen LogP contribution >= 0.6 is 11.8 Å². The van der Waals surface area contributed by atoms with Crippen LogP contribution in [0, 0.1) is 5.92 Å². The van der Waals surface area contributed by atoms with Crippen molar-refractivity contribution in [2.45, 2.75) is 38.3 Å². The Morgan fingerprint density at radius 1 is 1.18 bits per heavy atom. The van der Waals surface area contributed by atoms with E-state index in [4.69, 9.17) is 0 Å². The van der Waals surface area contributed by atoms with Gasteiger partial charge in [-0.15, -0.1) is 0 Å². The van der Waals surface area contributed by atoms with E-state index in [2.05, 4.69) is 0 Å². The third-order valence-electron chi connectivity index (χ3n) is 4.66. The number of hydrogen-bond acceptors (Lipinski definition) is 3. The summed E-state index contributed by atoms with van der Waals surface area (Å²) < 4.78 is 0. The maximum atomic E-state index is 12.6. The van der Waals surface area contributed by atoms with Crippen LogP contribution in [0.5, 0.6) is 0 Å². The number of fused-ring (bicyclic) bond motifs is 1. The first kappa shape index (κ1) is 15.4. The number of rotatable bonds is 3. The molecule has 1 aromatic carbocycles. The number of carboxylic acids is 1. The molecule has 1 saturated heterocycles. The Labute approximate surface area is 134 Å². The molecule has 0 aromatic heterocycles. The van der Waals surface area contributed by atoms with E-state index in [9.17, 15) is 14.7 Å². The number of carbonyl (C=O) groups is 2. The molecule has 0 saturated carbocycles. The minimum Gasteiger partial charge on any atom is -0.480 e. The van der Waals surface area contributed by atoms with Crippen LogP contribution in [0.1, 0.15) is 30.4 Å². The van der Waals surface area contributed by atoms with E-state index in [1.807, 2.05) is 36.0 Å². The molecule has 118 valence electrons. The van der Waals surface area contributed by atoms with E-state index in [1.54, 1.807) is 4.90 Å². The van der Waals surface area contributed by atoms with Crippen LogP contribution in [0.4, 0.5) is 0 Å². The third kappa shape index (κ3) is 3.29. The summed E-state index contributed by atoms with van der Waals surface area (Å²) in [6, 6.07) is 7.10. The fraction of sp³-hybridized carbons (Fsp3) is 0.529. The lowest BCUT2D eigenvalue weighted by Crippen LogP contribution is -2.49. The van der Waals surface area contributed by atoms with Crippen LogP contribution in [0.15, 0.2) is 24.3 Å². The summed E-state index contributed by atoms with van der Waals surface area (Å²) in [5.41, 5.74) is 2.13. The Balaban J connectivity index is 1.75. The molecular formula is C17H21NO3S. The minimum absolute atomic E-state index is 0.00111. The average Bonchev–Trinajstić information content (AvgIpc) is 2.54. The van der Waals surface area contributed by atoms with E-state index >= 15 is 0 Å². The maximum Gasteiger partial charge on any atom is 0.326 e. The second kappa shape index (κ2) is 6.73. The normalized spacial score (nSPS) is 22.2. The van der Waals surface area contributed by atoms with Gasteiger partial charge in [0.1, 0.15) is 6.04 Å². The lowest BCUT2D eigenvalue weighted by Gasteiger charge is -2.35. The number of benzene rings is 1. The smallest absolute Gasteiger partial charge is 0.326 e. The van der Waals surface area contributed by atoms with Gasteiger partial charge in [-0.25, -0.2) is 4.79 Å². The first-order chi connectivity index (χ1) is 10.6. The van der Waals surface area contributed by atoms with Crippen molar-refractivity contribution < 1.29 is 14.7 Å². The predicted octanol–water partition coefficient (Wildman–Crippen LogP) is 2.56. The number of hydrogen-bond donors (Lipinski definition) is 1. The van der Waals surface area contributed by atoms with Gasteiger partial charge in [0.25, 0.3) is 0 Å². The summed E-state index contributed by atoms with van der Waals surface area (Å²) in [7, 11) is 0. The topological polar surface area (TPSA) is 57.6 Å². The van der Waals surface area contributed by atoms with Gasteiger partial charge < -0.3 is 10.0 Å². The Morgan fingerprint density at radius 3 is 2.55 bits per heavy atom. The lowest BCUT2D eigenvalue weighted by atomic mass is 9.92. The van der Waals surface area contributed by atoms with Gasteiger partial charge in [0.15, 0.2) is 0 Å². The van der Waals surface area contributed by atoms with Gasteiger partial charge in [-0.1, -0.05) is 24.3 Å². The number of carbonyl (C=O) groups excluding carboxylic acids is 1. The van der Waals surface area contributed by atoms with Gasteiger partial charge in [-0.2, -0.15) is 11.8 Å². The summed E-state index contributed by atoms with van der Waals surface area (Å²) in [5.74, 6) is 1.74. The van der Waals surface area contributed by atoms with Crippen molar-refractivity contribution in [3.8, 4) is 0 Å². The van der Waals surface area contributed by atoms with Gasteiger partial charge in [0, 0.05) is 19.4 Å². The van der Waals surface area contributed by atoms with Gasteiger partial charge in [-0.3, -0.25) is 4.79 Å². The molecular weight excluding hydrogens is 298 g/mol. The van der Waals surface area contributed by atoms with Crippen molar-refractivity contribution >= 4 is 23.6 Å². The number of amides is 1. The van der Waals surface area contributed by atoms with E-state index in [0.717, 1.165) is 35.5 Å². The molecule has 1 amide bonds. The highest BCUT2D eigenvalue weighted by atomic mass is 32.2. The fourth-order valence-electron chi connectivity index (χ4n) is 3.32. The van der Waals surface area contributed by atoms with Crippen molar-refractivity contribution in [1.82, 2.24) is 4.90 Å². The molecule has 22 heavy (non-hydrogen) atoms. The van der Waals surface area contributed by atoms with Gasteiger partial charge in [0.2, 0.25) is 5.91 Å². The van der Waals surface area contributed by atoms with Crippen LogP contribution in [-0.2, 0) is 22.6 Å². The van der Waals surface area contributed by atoms with E-state index in [1.165, 1.54) is 0 Å². The molecule has 0 radical (unpaired) electrons. The lowest BCUT2D eigenvalue weighted by molar-refractivity contribution is -0.151. The zero-order chi connectivity index (χ0) is 15.5. The van der Waals surface area contributed by atoms with Crippen molar-refractivity contribution in [2.75, 3.05) is 11.5 Å². The van der Waals surface area contributed by atoms with Crippen LogP contribution in [-0.4, -0.2) is 39.4 Å². The number of nitrogens with zero attached hydrogens (tertiary/aromatic N) is 1. The molecule has 0 aliphatic carbocycles. The fourth-order valence-corrected chi connectivity index (χ4v) is 4.52. The molecule has 3 rings (SSSR count). The highest BCUT2D eigenvalue weighted by Gasteiger charge is 2.35. The van der Waals surface area contributed by atoms with E-state index < -0.39 is 12.0 Å². The van der Waals surface area contributed by atoms with Crippen molar-refractivity contribution in [2.24, 2.45) is 5.92 Å². The molecule has 2 heterocycles. The van der Waals surface area contributed by atoms with Gasteiger partial charge >= 0.3 is 5.97 Å². The number of thioether (sulfide) groups is 1. The first-order valence-electron chi connectivity index (χ1n) is 7.82. The van der Waals surface area contributed by atoms with E-state index in [-0.39, 0.29) is 5.91 Å². The molecule has 0 bridgehead atoms. The Morgan fingerprint density at radius 2 is 1.86 bits per heavy atom. The molecule has 1 aromatic rings. The standard InChI is InChI=1S/C17H21NO3S/c19-16(9-12-5-7-22-8-6-12)18-11-14-4-2-1-3-13(14)10-15(18)17(20)21/h1-4,12,15H,5-11H2,(H,20,21)/t15-/m0/s1. The second-order valence-corrected chi connectivity index (χ2v) is 7.33. The number of aliphatic carboxylic acids is 1. The quantitative estimate of drug-likeness (QED) is 0.930. The van der Waals surface area contributed by atoms with Crippen LogP contribution in [0.3, 0.4) is 0 Å². The van der Waals surface area contributed by atoms with Crippen LogP contribution < -0.4 is 0 Å². The summed E-state index contributed by atoms with van der Waals surface area (Å²) in [5, 5.41) is 9.49. The molecule has 4 nitrogen and oxygen atoms in total. The predicted molar refractivity (Wildman–Crippen MR) is 86.8 cm³/mol. The van der Waals surface area contributed by atoms with Crippen molar-refractivity contribution in [3.63, 3.8) is 0 Å².